The minimum atomic E-state index is 0.0376. The van der Waals surface area contributed by atoms with Gasteiger partial charge in [-0.15, -0.1) is 0 Å². The predicted octanol–water partition coefficient (Wildman–Crippen LogP) is 2.09. The number of anilines is 1. The van der Waals surface area contributed by atoms with Crippen LogP contribution in [0.5, 0.6) is 0 Å². The Bertz CT molecular complexity index is 620. The molecule has 0 fully saturated rings. The van der Waals surface area contributed by atoms with Crippen molar-refractivity contribution in [3.8, 4) is 11.1 Å². The van der Waals surface area contributed by atoms with Crippen LogP contribution in [0.4, 0.5) is 5.82 Å². The molecule has 4 heteroatoms. The van der Waals surface area contributed by atoms with Crippen LogP contribution in [-0.2, 0) is 17.8 Å². The first-order valence-electron chi connectivity index (χ1n) is 6.35. The molecule has 1 aromatic carbocycles. The van der Waals surface area contributed by atoms with Crippen molar-refractivity contribution >= 4 is 11.7 Å². The van der Waals surface area contributed by atoms with E-state index in [2.05, 4.69) is 22.4 Å². The second-order valence-electron chi connectivity index (χ2n) is 4.63. The summed E-state index contributed by atoms with van der Waals surface area (Å²) in [7, 11) is 0. The highest BCUT2D eigenvalue weighted by molar-refractivity contribution is 5.94. The van der Waals surface area contributed by atoms with E-state index in [-0.39, 0.29) is 5.91 Å². The number of carbonyl (C=O) groups is 1. The minimum absolute atomic E-state index is 0.0376. The average Bonchev–Trinajstić information content (AvgIpc) is 2.46. The number of rotatable bonds is 2. The lowest BCUT2D eigenvalue weighted by Crippen LogP contribution is -2.20. The fourth-order valence-electron chi connectivity index (χ4n) is 2.38. The van der Waals surface area contributed by atoms with Crippen molar-refractivity contribution in [2.45, 2.75) is 19.4 Å². The van der Waals surface area contributed by atoms with Gasteiger partial charge >= 0.3 is 0 Å². The summed E-state index contributed by atoms with van der Waals surface area (Å²) in [5, 5.41) is 2.82. The van der Waals surface area contributed by atoms with Gasteiger partial charge in [0, 0.05) is 24.7 Å². The van der Waals surface area contributed by atoms with E-state index in [4.69, 9.17) is 5.73 Å². The molecule has 0 atom stereocenters. The zero-order chi connectivity index (χ0) is 13.2. The van der Waals surface area contributed by atoms with Crippen LogP contribution >= 0.6 is 0 Å². The number of aromatic nitrogens is 1. The first-order valence-corrected chi connectivity index (χ1v) is 6.35. The second-order valence-corrected chi connectivity index (χ2v) is 4.63. The molecule has 96 valence electrons. The summed E-state index contributed by atoms with van der Waals surface area (Å²) in [5.74, 6) is 0.729. The summed E-state index contributed by atoms with van der Waals surface area (Å²) >= 11 is 0. The van der Waals surface area contributed by atoms with Gasteiger partial charge < -0.3 is 11.1 Å². The number of hydrogen-bond acceptors (Lipinski definition) is 3. The molecule has 0 saturated heterocycles. The van der Waals surface area contributed by atoms with Gasteiger partial charge in [-0.2, -0.15) is 0 Å². The monoisotopic (exact) mass is 253 g/mol. The molecule has 0 aliphatic carbocycles. The zero-order valence-electron chi connectivity index (χ0n) is 10.5. The lowest BCUT2D eigenvalue weighted by molar-refractivity contribution is -0.116. The van der Waals surface area contributed by atoms with E-state index in [1.54, 1.807) is 6.20 Å². The van der Waals surface area contributed by atoms with E-state index >= 15 is 0 Å². The van der Waals surface area contributed by atoms with Crippen LogP contribution in [0.3, 0.4) is 0 Å². The molecule has 0 bridgehead atoms. The third-order valence-corrected chi connectivity index (χ3v) is 3.42. The number of nitrogens with one attached hydrogen (secondary N) is 1. The van der Waals surface area contributed by atoms with Crippen LogP contribution in [0.1, 0.15) is 17.5 Å². The number of nitrogens with zero attached hydrogens (tertiary/aromatic N) is 1. The van der Waals surface area contributed by atoms with Crippen molar-refractivity contribution in [1.29, 1.82) is 0 Å². The molecule has 1 aromatic heterocycles. The lowest BCUT2D eigenvalue weighted by Gasteiger charge is -2.19. The van der Waals surface area contributed by atoms with Crippen molar-refractivity contribution < 1.29 is 4.79 Å². The van der Waals surface area contributed by atoms with Crippen LogP contribution < -0.4 is 11.1 Å². The highest BCUT2D eigenvalue weighted by Gasteiger charge is 2.19. The second kappa shape index (κ2) is 4.82. The number of hydrogen-bond donors (Lipinski definition) is 2. The summed E-state index contributed by atoms with van der Waals surface area (Å²) in [6, 6.07) is 10.2. The third kappa shape index (κ3) is 2.22. The molecule has 0 spiro atoms. The van der Waals surface area contributed by atoms with Crippen LogP contribution in [-0.4, -0.2) is 10.9 Å². The Labute approximate surface area is 111 Å². The Morgan fingerprint density at radius 1 is 1.16 bits per heavy atom. The molecule has 1 aliphatic rings. The Morgan fingerprint density at radius 3 is 2.68 bits per heavy atom. The van der Waals surface area contributed by atoms with Gasteiger partial charge in [-0.3, -0.25) is 4.79 Å². The maximum atomic E-state index is 11.4. The fraction of sp³-hybridized carbons (Fsp3) is 0.200. The number of benzene rings is 1. The minimum Gasteiger partial charge on any atom is -0.326 e. The number of amides is 1. The molecule has 0 unspecified atom stereocenters. The number of nitrogens with two attached hydrogens (primary N) is 1. The summed E-state index contributed by atoms with van der Waals surface area (Å²) in [6.45, 7) is 0.546. The summed E-state index contributed by atoms with van der Waals surface area (Å²) < 4.78 is 0. The van der Waals surface area contributed by atoms with Gasteiger partial charge in [0.05, 0.1) is 0 Å². The highest BCUT2D eigenvalue weighted by atomic mass is 16.1. The molecule has 4 nitrogen and oxygen atoms in total. The Hall–Kier alpha value is -2.20. The number of carbonyl (C=O) groups excluding carboxylic acids is 1. The molecule has 2 aromatic rings. The molecule has 0 saturated carbocycles. The topological polar surface area (TPSA) is 68.0 Å². The van der Waals surface area contributed by atoms with Crippen LogP contribution in [0.25, 0.3) is 11.1 Å². The highest BCUT2D eigenvalue weighted by Crippen LogP contribution is 2.31. The van der Waals surface area contributed by atoms with Crippen LogP contribution in [0.15, 0.2) is 36.5 Å². The van der Waals surface area contributed by atoms with E-state index in [0.717, 1.165) is 28.7 Å². The van der Waals surface area contributed by atoms with Gasteiger partial charge in [0.1, 0.15) is 5.82 Å². The van der Waals surface area contributed by atoms with Gasteiger partial charge in [0.15, 0.2) is 0 Å². The number of fused-ring (bicyclic) bond motifs is 1. The van der Waals surface area contributed by atoms with Crippen molar-refractivity contribution in [3.63, 3.8) is 0 Å². The third-order valence-electron chi connectivity index (χ3n) is 3.42. The van der Waals surface area contributed by atoms with E-state index in [1.807, 2.05) is 18.2 Å². The quantitative estimate of drug-likeness (QED) is 0.861. The standard InChI is InChI=1S/C15H15N3O/c16-9-10-1-3-11(4-2-10)12-7-8-17-15-13(12)5-6-14(19)18-15/h1-4,7-8H,5-6,9,16H2,(H,17,18,19). The lowest BCUT2D eigenvalue weighted by atomic mass is 9.95. The van der Waals surface area contributed by atoms with E-state index in [0.29, 0.717) is 18.8 Å². The van der Waals surface area contributed by atoms with Gasteiger partial charge in [-0.1, -0.05) is 24.3 Å². The van der Waals surface area contributed by atoms with Gasteiger partial charge in [-0.25, -0.2) is 4.98 Å². The largest absolute Gasteiger partial charge is 0.326 e. The average molecular weight is 253 g/mol. The predicted molar refractivity (Wildman–Crippen MR) is 74.5 cm³/mol. The van der Waals surface area contributed by atoms with E-state index in [1.165, 1.54) is 0 Å². The Kier molecular flexibility index (Phi) is 3.01. The van der Waals surface area contributed by atoms with Crippen molar-refractivity contribution in [2.24, 2.45) is 5.73 Å². The van der Waals surface area contributed by atoms with Crippen LogP contribution in [0, 0.1) is 0 Å². The number of pyridine rings is 1. The molecular formula is C15H15N3O. The van der Waals surface area contributed by atoms with Gasteiger partial charge in [0.25, 0.3) is 0 Å². The SMILES string of the molecule is NCc1ccc(-c2ccnc3c2CCC(=O)N3)cc1. The molecule has 1 aliphatic heterocycles. The van der Waals surface area contributed by atoms with Crippen molar-refractivity contribution in [2.75, 3.05) is 5.32 Å². The molecule has 19 heavy (non-hydrogen) atoms. The molecule has 2 heterocycles. The molecule has 3 rings (SSSR count). The summed E-state index contributed by atoms with van der Waals surface area (Å²) in [6.07, 6.45) is 2.99. The van der Waals surface area contributed by atoms with E-state index < -0.39 is 0 Å². The van der Waals surface area contributed by atoms with Gasteiger partial charge in [0.2, 0.25) is 5.91 Å². The van der Waals surface area contributed by atoms with Gasteiger partial charge in [-0.05, 0) is 29.2 Å². The molecule has 3 N–H and O–H groups in total. The summed E-state index contributed by atoms with van der Waals surface area (Å²) in [4.78, 5) is 15.6. The smallest absolute Gasteiger partial charge is 0.225 e. The van der Waals surface area contributed by atoms with Crippen LogP contribution in [0.2, 0.25) is 0 Å². The molecule has 1 amide bonds. The maximum absolute atomic E-state index is 11.4. The molecular weight excluding hydrogens is 238 g/mol. The zero-order valence-corrected chi connectivity index (χ0v) is 10.5. The maximum Gasteiger partial charge on any atom is 0.225 e. The first kappa shape index (κ1) is 11.9. The fourth-order valence-corrected chi connectivity index (χ4v) is 2.38. The van der Waals surface area contributed by atoms with Crippen molar-refractivity contribution in [3.05, 3.63) is 47.7 Å². The Balaban J connectivity index is 2.05. The Morgan fingerprint density at radius 2 is 1.95 bits per heavy atom. The van der Waals surface area contributed by atoms with Crippen molar-refractivity contribution in [1.82, 2.24) is 4.98 Å². The summed E-state index contributed by atoms with van der Waals surface area (Å²) in [5.41, 5.74) is 10.1. The molecule has 0 radical (unpaired) electrons. The normalized spacial score (nSPS) is 13.8. The first-order chi connectivity index (χ1) is 9.28. The van der Waals surface area contributed by atoms with E-state index in [9.17, 15) is 4.79 Å².